The molecule has 2 atom stereocenters. The van der Waals surface area contributed by atoms with Crippen LogP contribution in [0.5, 0.6) is 0 Å². The van der Waals surface area contributed by atoms with E-state index in [1.807, 2.05) is 30.3 Å². The van der Waals surface area contributed by atoms with E-state index in [2.05, 4.69) is 26.2 Å². The number of hydrogen-bond donors (Lipinski definition) is 2. The molecule has 0 spiro atoms. The number of nitrogens with one attached hydrogen (secondary N) is 1. The molecule has 1 amide bonds. The standard InChI is InChI=1S/C16H17BrN2O2/c1-11(15(20)9-12-5-3-2-4-6-12)19-16(21)14-8-7-13(17)10-18-14/h2-8,10-11,15,20H,9H2,1H3,(H,19,21). The first-order chi connectivity index (χ1) is 10.1. The molecule has 0 bridgehead atoms. The van der Waals surface area contributed by atoms with E-state index in [9.17, 15) is 9.90 Å². The molecule has 0 fully saturated rings. The van der Waals surface area contributed by atoms with Crippen molar-refractivity contribution >= 4 is 21.8 Å². The van der Waals surface area contributed by atoms with Crippen molar-refractivity contribution in [2.24, 2.45) is 0 Å². The lowest BCUT2D eigenvalue weighted by atomic mass is 10.0. The molecule has 5 heteroatoms. The van der Waals surface area contributed by atoms with Crippen LogP contribution in [0.3, 0.4) is 0 Å². The lowest BCUT2D eigenvalue weighted by molar-refractivity contribution is 0.0847. The van der Waals surface area contributed by atoms with Crippen molar-refractivity contribution in [1.29, 1.82) is 0 Å². The van der Waals surface area contributed by atoms with Gasteiger partial charge in [-0.1, -0.05) is 30.3 Å². The molecular weight excluding hydrogens is 332 g/mol. The molecule has 1 aromatic heterocycles. The number of amides is 1. The molecule has 2 aromatic rings. The van der Waals surface area contributed by atoms with Gasteiger partial charge in [0.15, 0.2) is 0 Å². The SMILES string of the molecule is CC(NC(=O)c1ccc(Br)cn1)C(O)Cc1ccccc1. The molecule has 0 aliphatic carbocycles. The van der Waals surface area contributed by atoms with Crippen molar-refractivity contribution in [2.45, 2.75) is 25.5 Å². The highest BCUT2D eigenvalue weighted by Gasteiger charge is 2.18. The number of nitrogens with zero attached hydrogens (tertiary/aromatic N) is 1. The van der Waals surface area contributed by atoms with Crippen molar-refractivity contribution in [3.63, 3.8) is 0 Å². The van der Waals surface area contributed by atoms with E-state index in [1.165, 1.54) is 0 Å². The van der Waals surface area contributed by atoms with Crippen LogP contribution in [0.1, 0.15) is 23.0 Å². The van der Waals surface area contributed by atoms with Crippen molar-refractivity contribution in [3.05, 3.63) is 64.4 Å². The smallest absolute Gasteiger partial charge is 0.270 e. The maximum atomic E-state index is 12.0. The van der Waals surface area contributed by atoms with Crippen LogP contribution in [0.2, 0.25) is 0 Å². The van der Waals surface area contributed by atoms with E-state index in [1.54, 1.807) is 25.3 Å². The van der Waals surface area contributed by atoms with Gasteiger partial charge in [0, 0.05) is 17.1 Å². The van der Waals surface area contributed by atoms with E-state index in [0.717, 1.165) is 10.0 Å². The van der Waals surface area contributed by atoms with Crippen LogP contribution in [0, 0.1) is 0 Å². The van der Waals surface area contributed by atoms with Gasteiger partial charge >= 0.3 is 0 Å². The van der Waals surface area contributed by atoms with Crippen LogP contribution in [0.15, 0.2) is 53.1 Å². The van der Waals surface area contributed by atoms with Gasteiger partial charge in [0.1, 0.15) is 5.69 Å². The molecule has 2 N–H and O–H groups in total. The van der Waals surface area contributed by atoms with Gasteiger partial charge in [0.25, 0.3) is 5.91 Å². The number of aliphatic hydroxyl groups excluding tert-OH is 1. The van der Waals surface area contributed by atoms with Crippen LogP contribution in [-0.2, 0) is 6.42 Å². The normalized spacial score (nSPS) is 13.5. The molecule has 0 saturated heterocycles. The Morgan fingerprint density at radius 1 is 1.29 bits per heavy atom. The molecular formula is C16H17BrN2O2. The van der Waals surface area contributed by atoms with Crippen molar-refractivity contribution in [1.82, 2.24) is 10.3 Å². The van der Waals surface area contributed by atoms with Gasteiger partial charge in [-0.15, -0.1) is 0 Å². The average molecular weight is 349 g/mol. The maximum absolute atomic E-state index is 12.0. The fourth-order valence-corrected chi connectivity index (χ4v) is 2.15. The summed E-state index contributed by atoms with van der Waals surface area (Å²) in [5.41, 5.74) is 1.37. The van der Waals surface area contributed by atoms with E-state index < -0.39 is 6.10 Å². The van der Waals surface area contributed by atoms with Gasteiger partial charge in [0.2, 0.25) is 0 Å². The molecule has 2 rings (SSSR count). The Bertz CT molecular complexity index is 587. The van der Waals surface area contributed by atoms with Crippen molar-refractivity contribution in [3.8, 4) is 0 Å². The average Bonchev–Trinajstić information content (AvgIpc) is 2.48. The molecule has 4 nitrogen and oxygen atoms in total. The second kappa shape index (κ2) is 7.33. The van der Waals surface area contributed by atoms with Gasteiger partial charge in [-0.25, -0.2) is 4.98 Å². The third-order valence-corrected chi connectivity index (χ3v) is 3.65. The second-order valence-corrected chi connectivity index (χ2v) is 5.80. The minimum atomic E-state index is -0.646. The zero-order valence-electron chi connectivity index (χ0n) is 11.7. The summed E-state index contributed by atoms with van der Waals surface area (Å²) < 4.78 is 0.816. The highest BCUT2D eigenvalue weighted by Crippen LogP contribution is 2.09. The molecule has 0 aliphatic rings. The summed E-state index contributed by atoms with van der Waals surface area (Å²) in [5.74, 6) is -0.290. The summed E-state index contributed by atoms with van der Waals surface area (Å²) in [7, 11) is 0. The van der Waals surface area contributed by atoms with Gasteiger partial charge in [-0.2, -0.15) is 0 Å². The summed E-state index contributed by atoms with van der Waals surface area (Å²) in [6.07, 6.45) is 1.42. The highest BCUT2D eigenvalue weighted by atomic mass is 79.9. The number of halogens is 1. The number of carbonyl (C=O) groups excluding carboxylic acids is 1. The largest absolute Gasteiger partial charge is 0.391 e. The Balaban J connectivity index is 1.92. The van der Waals surface area contributed by atoms with Crippen molar-refractivity contribution < 1.29 is 9.90 Å². The molecule has 110 valence electrons. The van der Waals surface area contributed by atoms with Crippen LogP contribution in [0.4, 0.5) is 0 Å². The molecule has 1 aromatic carbocycles. The molecule has 21 heavy (non-hydrogen) atoms. The Labute approximate surface area is 132 Å². The minimum Gasteiger partial charge on any atom is -0.391 e. The number of aliphatic hydroxyl groups is 1. The fraction of sp³-hybridized carbons (Fsp3) is 0.250. The first-order valence-electron chi connectivity index (χ1n) is 6.70. The minimum absolute atomic E-state index is 0.290. The molecule has 0 aliphatic heterocycles. The Morgan fingerprint density at radius 3 is 2.62 bits per heavy atom. The highest BCUT2D eigenvalue weighted by molar-refractivity contribution is 9.10. The topological polar surface area (TPSA) is 62.2 Å². The third kappa shape index (κ3) is 4.65. The van der Waals surface area contributed by atoms with E-state index >= 15 is 0 Å². The summed E-state index contributed by atoms with van der Waals surface area (Å²) in [6.45, 7) is 1.78. The van der Waals surface area contributed by atoms with E-state index in [0.29, 0.717) is 12.1 Å². The summed E-state index contributed by atoms with van der Waals surface area (Å²) in [4.78, 5) is 16.1. The zero-order valence-corrected chi connectivity index (χ0v) is 13.2. The van der Waals surface area contributed by atoms with Crippen LogP contribution in [-0.4, -0.2) is 28.1 Å². The Morgan fingerprint density at radius 2 is 2.00 bits per heavy atom. The number of benzene rings is 1. The van der Waals surface area contributed by atoms with Gasteiger partial charge in [0.05, 0.1) is 12.1 Å². The Hall–Kier alpha value is -1.72. The number of hydrogen-bond acceptors (Lipinski definition) is 3. The van der Waals surface area contributed by atoms with Gasteiger partial charge in [-0.3, -0.25) is 4.79 Å². The summed E-state index contributed by atoms with van der Waals surface area (Å²) in [5, 5.41) is 12.9. The first-order valence-corrected chi connectivity index (χ1v) is 7.50. The summed E-state index contributed by atoms with van der Waals surface area (Å²) >= 11 is 3.27. The van der Waals surface area contributed by atoms with E-state index in [4.69, 9.17) is 0 Å². The lowest BCUT2D eigenvalue weighted by Crippen LogP contribution is -2.42. The summed E-state index contributed by atoms with van der Waals surface area (Å²) in [6, 6.07) is 12.7. The zero-order chi connectivity index (χ0) is 15.2. The number of carbonyl (C=O) groups is 1. The van der Waals surface area contributed by atoms with Crippen molar-refractivity contribution in [2.75, 3.05) is 0 Å². The Kier molecular flexibility index (Phi) is 5.47. The second-order valence-electron chi connectivity index (χ2n) is 4.88. The predicted octanol–water partition coefficient (Wildman–Crippen LogP) is 2.57. The monoisotopic (exact) mass is 348 g/mol. The molecule has 1 heterocycles. The van der Waals surface area contributed by atoms with Gasteiger partial charge < -0.3 is 10.4 Å². The lowest BCUT2D eigenvalue weighted by Gasteiger charge is -2.20. The van der Waals surface area contributed by atoms with Gasteiger partial charge in [-0.05, 0) is 40.5 Å². The van der Waals surface area contributed by atoms with Crippen LogP contribution in [0.25, 0.3) is 0 Å². The fourth-order valence-electron chi connectivity index (χ4n) is 1.92. The quantitative estimate of drug-likeness (QED) is 0.872. The number of aromatic nitrogens is 1. The molecule has 0 radical (unpaired) electrons. The van der Waals surface area contributed by atoms with E-state index in [-0.39, 0.29) is 11.9 Å². The maximum Gasteiger partial charge on any atom is 0.270 e. The molecule has 2 unspecified atom stereocenters. The predicted molar refractivity (Wildman–Crippen MR) is 85.0 cm³/mol. The third-order valence-electron chi connectivity index (χ3n) is 3.18. The van der Waals surface area contributed by atoms with Crippen LogP contribution >= 0.6 is 15.9 Å². The number of pyridine rings is 1. The molecule has 0 saturated carbocycles. The van der Waals surface area contributed by atoms with Crippen LogP contribution < -0.4 is 5.32 Å². The first kappa shape index (κ1) is 15.7. The number of rotatable bonds is 5.